The Bertz CT molecular complexity index is 482. The molecule has 1 aromatic heterocycles. The number of alkyl halides is 8. The third-order valence-corrected chi connectivity index (χ3v) is 2.07. The SMILES string of the molecule is NCc1c(C(F)(F)F)cc(OC(F)(F)F)nc1C(F)F. The van der Waals surface area contributed by atoms with Gasteiger partial charge in [-0.2, -0.15) is 13.2 Å². The molecule has 0 spiro atoms. The van der Waals surface area contributed by atoms with Gasteiger partial charge in [0.05, 0.1) is 5.56 Å². The lowest BCUT2D eigenvalue weighted by molar-refractivity contribution is -0.276. The lowest BCUT2D eigenvalue weighted by atomic mass is 10.1. The Morgan fingerprint density at radius 1 is 1.15 bits per heavy atom. The maximum absolute atomic E-state index is 12.6. The average Bonchev–Trinajstić information content (AvgIpc) is 2.24. The highest BCUT2D eigenvalue weighted by Gasteiger charge is 2.39. The number of pyridine rings is 1. The van der Waals surface area contributed by atoms with Crippen LogP contribution in [0.1, 0.15) is 23.2 Å². The third-order valence-electron chi connectivity index (χ3n) is 2.07. The summed E-state index contributed by atoms with van der Waals surface area (Å²) in [4.78, 5) is 2.73. The molecule has 0 unspecified atom stereocenters. The standard InChI is InChI=1S/C9H6F8N2O/c10-7(11)6-3(2-18)4(8(12,13)14)1-5(19-6)20-9(15,16)17/h1,7H,2,18H2. The van der Waals surface area contributed by atoms with E-state index in [4.69, 9.17) is 5.73 Å². The molecule has 114 valence electrons. The molecular weight excluding hydrogens is 304 g/mol. The van der Waals surface area contributed by atoms with Crippen LogP contribution in [0, 0.1) is 0 Å². The molecule has 0 aliphatic carbocycles. The summed E-state index contributed by atoms with van der Waals surface area (Å²) in [7, 11) is 0. The number of rotatable bonds is 3. The molecular formula is C9H6F8N2O. The Kier molecular flexibility index (Phi) is 4.42. The van der Waals surface area contributed by atoms with E-state index in [0.29, 0.717) is 0 Å². The Morgan fingerprint density at radius 2 is 1.70 bits per heavy atom. The van der Waals surface area contributed by atoms with Crippen molar-refractivity contribution in [2.45, 2.75) is 25.5 Å². The van der Waals surface area contributed by atoms with Gasteiger partial charge in [-0.3, -0.25) is 0 Å². The molecule has 0 amide bonds. The first kappa shape index (κ1) is 16.4. The second-order valence-corrected chi connectivity index (χ2v) is 3.42. The first-order chi connectivity index (χ1) is 8.95. The van der Waals surface area contributed by atoms with Crippen molar-refractivity contribution in [1.82, 2.24) is 4.98 Å². The molecule has 20 heavy (non-hydrogen) atoms. The molecule has 1 rings (SSSR count). The molecule has 0 atom stereocenters. The van der Waals surface area contributed by atoms with E-state index in [1.165, 1.54) is 0 Å². The molecule has 2 N–H and O–H groups in total. The summed E-state index contributed by atoms with van der Waals surface area (Å²) in [6.07, 6.45) is -14.1. The van der Waals surface area contributed by atoms with Gasteiger partial charge in [0.1, 0.15) is 5.69 Å². The van der Waals surface area contributed by atoms with Gasteiger partial charge in [0.2, 0.25) is 5.88 Å². The molecule has 0 aliphatic heterocycles. The molecule has 11 heteroatoms. The van der Waals surface area contributed by atoms with Crippen LogP contribution in [0.15, 0.2) is 6.07 Å². The fraction of sp³-hybridized carbons (Fsp3) is 0.444. The number of hydrogen-bond acceptors (Lipinski definition) is 3. The summed E-state index contributed by atoms with van der Waals surface area (Å²) in [6, 6.07) is -0.123. The van der Waals surface area contributed by atoms with E-state index in [2.05, 4.69) is 9.72 Å². The van der Waals surface area contributed by atoms with Gasteiger partial charge in [0.25, 0.3) is 6.43 Å². The molecule has 1 heterocycles. The smallest absolute Gasteiger partial charge is 0.388 e. The van der Waals surface area contributed by atoms with Crippen LogP contribution in [0.2, 0.25) is 0 Å². The molecule has 0 saturated heterocycles. The molecule has 0 bridgehead atoms. The molecule has 0 aromatic carbocycles. The van der Waals surface area contributed by atoms with Crippen LogP contribution < -0.4 is 10.5 Å². The van der Waals surface area contributed by atoms with Crippen molar-refractivity contribution >= 4 is 0 Å². The predicted molar refractivity (Wildman–Crippen MR) is 48.8 cm³/mol. The van der Waals surface area contributed by atoms with Crippen molar-refractivity contribution in [1.29, 1.82) is 0 Å². The van der Waals surface area contributed by atoms with Gasteiger partial charge in [0, 0.05) is 18.2 Å². The Hall–Kier alpha value is -1.65. The van der Waals surface area contributed by atoms with E-state index in [-0.39, 0.29) is 6.07 Å². The van der Waals surface area contributed by atoms with E-state index >= 15 is 0 Å². The number of nitrogens with two attached hydrogens (primary N) is 1. The quantitative estimate of drug-likeness (QED) is 0.871. The van der Waals surface area contributed by atoms with Crippen molar-refractivity contribution in [3.63, 3.8) is 0 Å². The van der Waals surface area contributed by atoms with Gasteiger partial charge in [-0.05, 0) is 0 Å². The summed E-state index contributed by atoms with van der Waals surface area (Å²) >= 11 is 0. The van der Waals surface area contributed by atoms with Crippen molar-refractivity contribution in [3.8, 4) is 5.88 Å². The minimum absolute atomic E-state index is 0.123. The van der Waals surface area contributed by atoms with Gasteiger partial charge in [-0.15, -0.1) is 13.2 Å². The number of ether oxygens (including phenoxy) is 1. The van der Waals surface area contributed by atoms with Crippen molar-refractivity contribution in [2.75, 3.05) is 0 Å². The number of aromatic nitrogens is 1. The van der Waals surface area contributed by atoms with Crippen LogP contribution in [0.25, 0.3) is 0 Å². The van der Waals surface area contributed by atoms with E-state index in [1.54, 1.807) is 0 Å². The van der Waals surface area contributed by atoms with Gasteiger partial charge >= 0.3 is 12.5 Å². The predicted octanol–water partition coefficient (Wildman–Crippen LogP) is 3.40. The highest BCUT2D eigenvalue weighted by atomic mass is 19.4. The second-order valence-electron chi connectivity index (χ2n) is 3.42. The second kappa shape index (κ2) is 5.38. The summed E-state index contributed by atoms with van der Waals surface area (Å²) in [5.74, 6) is -1.63. The molecule has 0 aliphatic rings. The fourth-order valence-corrected chi connectivity index (χ4v) is 1.39. The monoisotopic (exact) mass is 310 g/mol. The van der Waals surface area contributed by atoms with Crippen LogP contribution in [-0.2, 0) is 12.7 Å². The Labute approximate surface area is 106 Å². The van der Waals surface area contributed by atoms with Gasteiger partial charge in [0.15, 0.2) is 0 Å². The van der Waals surface area contributed by atoms with E-state index in [9.17, 15) is 35.1 Å². The largest absolute Gasteiger partial charge is 0.574 e. The molecule has 0 fully saturated rings. The average molecular weight is 310 g/mol. The minimum Gasteiger partial charge on any atom is -0.388 e. The van der Waals surface area contributed by atoms with Crippen LogP contribution in [0.3, 0.4) is 0 Å². The van der Waals surface area contributed by atoms with Crippen molar-refractivity contribution in [2.24, 2.45) is 5.73 Å². The first-order valence-corrected chi connectivity index (χ1v) is 4.80. The fourth-order valence-electron chi connectivity index (χ4n) is 1.39. The lowest BCUT2D eigenvalue weighted by Gasteiger charge is -2.17. The van der Waals surface area contributed by atoms with Crippen LogP contribution in [0.5, 0.6) is 5.88 Å². The van der Waals surface area contributed by atoms with Crippen LogP contribution in [0.4, 0.5) is 35.1 Å². The molecule has 0 saturated carbocycles. The zero-order valence-electron chi connectivity index (χ0n) is 9.32. The zero-order chi connectivity index (χ0) is 15.7. The summed E-state index contributed by atoms with van der Waals surface area (Å²) in [6.45, 7) is -0.964. The van der Waals surface area contributed by atoms with E-state index < -0.39 is 48.2 Å². The number of hydrogen-bond donors (Lipinski definition) is 1. The molecule has 3 nitrogen and oxygen atoms in total. The number of nitrogens with zero attached hydrogens (tertiary/aromatic N) is 1. The highest BCUT2D eigenvalue weighted by molar-refractivity contribution is 5.37. The van der Waals surface area contributed by atoms with Crippen molar-refractivity contribution in [3.05, 3.63) is 22.9 Å². The Balaban J connectivity index is 3.48. The first-order valence-electron chi connectivity index (χ1n) is 4.80. The maximum atomic E-state index is 12.6. The van der Waals surface area contributed by atoms with Crippen LogP contribution in [-0.4, -0.2) is 11.3 Å². The Morgan fingerprint density at radius 3 is 2.05 bits per heavy atom. The summed E-state index contributed by atoms with van der Waals surface area (Å²) in [5.41, 5.74) is 0.601. The minimum atomic E-state index is -5.36. The van der Waals surface area contributed by atoms with Crippen LogP contribution >= 0.6 is 0 Å². The lowest BCUT2D eigenvalue weighted by Crippen LogP contribution is -2.21. The molecule has 1 aromatic rings. The van der Waals surface area contributed by atoms with E-state index in [1.807, 2.05) is 0 Å². The molecule has 0 radical (unpaired) electrons. The van der Waals surface area contributed by atoms with Gasteiger partial charge in [-0.1, -0.05) is 0 Å². The maximum Gasteiger partial charge on any atom is 0.574 e. The summed E-state index contributed by atoms with van der Waals surface area (Å²) < 4.78 is 102. The normalized spacial score (nSPS) is 12.9. The third kappa shape index (κ3) is 3.92. The van der Waals surface area contributed by atoms with Gasteiger partial charge < -0.3 is 10.5 Å². The van der Waals surface area contributed by atoms with Gasteiger partial charge in [-0.25, -0.2) is 13.8 Å². The van der Waals surface area contributed by atoms with Crippen molar-refractivity contribution < 1.29 is 39.9 Å². The highest BCUT2D eigenvalue weighted by Crippen LogP contribution is 2.38. The summed E-state index contributed by atoms with van der Waals surface area (Å²) in [5, 5.41) is 0. The van der Waals surface area contributed by atoms with E-state index in [0.717, 1.165) is 0 Å². The zero-order valence-corrected chi connectivity index (χ0v) is 9.32. The number of halogens is 8. The topological polar surface area (TPSA) is 48.1 Å².